The molecule has 34 heavy (non-hydrogen) atoms. The van der Waals surface area contributed by atoms with Gasteiger partial charge in [0.25, 0.3) is 0 Å². The third kappa shape index (κ3) is 5.28. The van der Waals surface area contributed by atoms with Crippen LogP contribution in [0.2, 0.25) is 0 Å². The standard InChI is InChI=1S/C29H52O4S/c1-20(2)22(16-19-33-34(30,31)32)10-9-21(3)25-13-14-26-24-12-11-23-8-6-7-17-28(23,4)27(24)15-18-29(25,26)5/h20-27H,6-19H2,1-5H3,(H,30,31,32)/t21-,22+,23?,24+,25-,26+,27+,28+,29-/m1/s1. The van der Waals surface area contributed by atoms with Crippen LogP contribution >= 0.6 is 0 Å². The molecule has 0 aliphatic heterocycles. The van der Waals surface area contributed by atoms with Crippen LogP contribution < -0.4 is 0 Å². The molecule has 4 aliphatic rings. The maximum absolute atomic E-state index is 10.9. The van der Waals surface area contributed by atoms with Crippen molar-refractivity contribution in [2.24, 2.45) is 58.2 Å². The van der Waals surface area contributed by atoms with Gasteiger partial charge in [-0.15, -0.1) is 0 Å². The first-order chi connectivity index (χ1) is 16.0. The summed E-state index contributed by atoms with van der Waals surface area (Å²) in [5.41, 5.74) is 1.14. The minimum absolute atomic E-state index is 0.0854. The molecule has 9 atom stereocenters. The molecule has 0 amide bonds. The fourth-order valence-corrected chi connectivity index (χ4v) is 10.4. The maximum atomic E-state index is 10.9. The van der Waals surface area contributed by atoms with Crippen LogP contribution in [0.4, 0.5) is 0 Å². The van der Waals surface area contributed by atoms with E-state index in [1.807, 2.05) is 0 Å². The van der Waals surface area contributed by atoms with Gasteiger partial charge in [0.05, 0.1) is 6.61 Å². The Morgan fingerprint density at radius 2 is 1.59 bits per heavy atom. The molecule has 4 aliphatic carbocycles. The van der Waals surface area contributed by atoms with Crippen LogP contribution in [-0.2, 0) is 14.6 Å². The van der Waals surface area contributed by atoms with Gasteiger partial charge in [-0.1, -0.05) is 53.9 Å². The lowest BCUT2D eigenvalue weighted by Gasteiger charge is -2.61. The van der Waals surface area contributed by atoms with Crippen LogP contribution in [0.3, 0.4) is 0 Å². The molecule has 0 radical (unpaired) electrons. The van der Waals surface area contributed by atoms with Crippen molar-refractivity contribution < 1.29 is 17.2 Å². The van der Waals surface area contributed by atoms with Crippen LogP contribution in [0.15, 0.2) is 0 Å². The molecule has 0 saturated heterocycles. The Hall–Kier alpha value is -0.130. The molecule has 4 fully saturated rings. The topological polar surface area (TPSA) is 63.6 Å². The van der Waals surface area contributed by atoms with E-state index in [1.54, 1.807) is 0 Å². The second-order valence-electron chi connectivity index (χ2n) is 13.7. The van der Waals surface area contributed by atoms with Gasteiger partial charge in [-0.05, 0) is 122 Å². The van der Waals surface area contributed by atoms with Gasteiger partial charge < -0.3 is 0 Å². The molecule has 0 bridgehead atoms. The second-order valence-corrected chi connectivity index (χ2v) is 14.8. The Kier molecular flexibility index (Phi) is 8.17. The number of hydrogen-bond acceptors (Lipinski definition) is 3. The molecule has 0 aromatic carbocycles. The summed E-state index contributed by atoms with van der Waals surface area (Å²) in [6, 6.07) is 0. The number of fused-ring (bicyclic) bond motifs is 5. The monoisotopic (exact) mass is 496 g/mol. The Labute approximate surface area is 210 Å². The molecule has 0 aromatic heterocycles. The zero-order valence-electron chi connectivity index (χ0n) is 22.6. The lowest BCUT2D eigenvalue weighted by atomic mass is 9.44. The van der Waals surface area contributed by atoms with E-state index in [9.17, 15) is 8.42 Å². The predicted molar refractivity (Wildman–Crippen MR) is 139 cm³/mol. The average Bonchev–Trinajstić information content (AvgIpc) is 3.11. The van der Waals surface area contributed by atoms with E-state index >= 15 is 0 Å². The summed E-state index contributed by atoms with van der Waals surface area (Å²) in [4.78, 5) is 0. The molecule has 0 heterocycles. The first kappa shape index (κ1) is 26.9. The van der Waals surface area contributed by atoms with Crippen molar-refractivity contribution in [2.45, 2.75) is 118 Å². The van der Waals surface area contributed by atoms with Crippen molar-refractivity contribution in [3.05, 3.63) is 0 Å². The van der Waals surface area contributed by atoms with Gasteiger partial charge in [0, 0.05) is 0 Å². The van der Waals surface area contributed by atoms with Gasteiger partial charge in [-0.25, -0.2) is 4.18 Å². The Morgan fingerprint density at radius 3 is 2.29 bits per heavy atom. The summed E-state index contributed by atoms with van der Waals surface area (Å²) >= 11 is 0. The highest BCUT2D eigenvalue weighted by Crippen LogP contribution is 2.68. The predicted octanol–water partition coefficient (Wildman–Crippen LogP) is 7.93. The van der Waals surface area contributed by atoms with Gasteiger partial charge >= 0.3 is 10.4 Å². The molecule has 1 unspecified atom stereocenters. The fraction of sp³-hybridized carbons (Fsp3) is 1.00. The molecule has 5 heteroatoms. The molecular weight excluding hydrogens is 444 g/mol. The van der Waals surface area contributed by atoms with E-state index in [-0.39, 0.29) is 6.61 Å². The van der Waals surface area contributed by atoms with Gasteiger partial charge in [0.2, 0.25) is 0 Å². The van der Waals surface area contributed by atoms with Crippen molar-refractivity contribution in [1.29, 1.82) is 0 Å². The van der Waals surface area contributed by atoms with Crippen molar-refractivity contribution in [2.75, 3.05) is 6.61 Å². The molecule has 4 saturated carbocycles. The van der Waals surface area contributed by atoms with E-state index in [0.29, 0.717) is 29.1 Å². The summed E-state index contributed by atoms with van der Waals surface area (Å²) in [6.07, 6.45) is 17.7. The molecule has 0 aromatic rings. The highest BCUT2D eigenvalue weighted by molar-refractivity contribution is 7.80. The Balaban J connectivity index is 1.37. The van der Waals surface area contributed by atoms with Crippen LogP contribution in [0.25, 0.3) is 0 Å². The van der Waals surface area contributed by atoms with Crippen molar-refractivity contribution in [1.82, 2.24) is 0 Å². The third-order valence-electron chi connectivity index (χ3n) is 12.0. The minimum Gasteiger partial charge on any atom is -0.264 e. The first-order valence-corrected chi connectivity index (χ1v) is 15.9. The van der Waals surface area contributed by atoms with E-state index in [2.05, 4.69) is 38.8 Å². The summed E-state index contributed by atoms with van der Waals surface area (Å²) in [6.45, 7) is 12.4. The van der Waals surface area contributed by atoms with Crippen molar-refractivity contribution in [3.63, 3.8) is 0 Å². The van der Waals surface area contributed by atoms with Gasteiger partial charge in [-0.3, -0.25) is 4.55 Å². The van der Waals surface area contributed by atoms with Gasteiger partial charge in [0.1, 0.15) is 0 Å². The zero-order chi connectivity index (χ0) is 24.7. The highest BCUT2D eigenvalue weighted by atomic mass is 32.3. The smallest absolute Gasteiger partial charge is 0.264 e. The van der Waals surface area contributed by atoms with Crippen molar-refractivity contribution in [3.8, 4) is 0 Å². The summed E-state index contributed by atoms with van der Waals surface area (Å²) in [7, 11) is -4.33. The number of rotatable bonds is 9. The van der Waals surface area contributed by atoms with Crippen LogP contribution in [0.1, 0.15) is 118 Å². The molecule has 4 nitrogen and oxygen atoms in total. The van der Waals surface area contributed by atoms with E-state index in [0.717, 1.165) is 41.9 Å². The second kappa shape index (κ2) is 10.3. The number of hydrogen-bond donors (Lipinski definition) is 1. The highest BCUT2D eigenvalue weighted by Gasteiger charge is 2.60. The third-order valence-corrected chi connectivity index (χ3v) is 12.5. The SMILES string of the molecule is CC(C)[C@H](CCOS(=O)(=O)O)CC[C@@H](C)[C@H]1CC[C@H]2[C@@H]3CCC4CCCC[C@]4(C)[C@H]3CC[C@]12C. The van der Waals surface area contributed by atoms with Crippen molar-refractivity contribution >= 4 is 10.4 Å². The molecule has 198 valence electrons. The molecular formula is C29H52O4S. The van der Waals surface area contributed by atoms with Gasteiger partial charge in [0.15, 0.2) is 0 Å². The normalized spacial score (nSPS) is 42.0. The van der Waals surface area contributed by atoms with E-state index < -0.39 is 10.4 Å². The Morgan fingerprint density at radius 1 is 0.853 bits per heavy atom. The molecule has 0 spiro atoms. The minimum atomic E-state index is -4.33. The zero-order valence-corrected chi connectivity index (χ0v) is 23.4. The lowest BCUT2D eigenvalue weighted by molar-refractivity contribution is -0.114. The Bertz CT molecular complexity index is 794. The van der Waals surface area contributed by atoms with Crippen LogP contribution in [0.5, 0.6) is 0 Å². The largest absolute Gasteiger partial charge is 0.397 e. The average molecular weight is 497 g/mol. The molecule has 1 N–H and O–H groups in total. The van der Waals surface area contributed by atoms with E-state index in [1.165, 1.54) is 70.6 Å². The van der Waals surface area contributed by atoms with Crippen LogP contribution in [-0.4, -0.2) is 19.6 Å². The van der Waals surface area contributed by atoms with Gasteiger partial charge in [-0.2, -0.15) is 8.42 Å². The maximum Gasteiger partial charge on any atom is 0.397 e. The first-order valence-electron chi connectivity index (χ1n) is 14.6. The summed E-state index contributed by atoms with van der Waals surface area (Å²) in [5, 5.41) is 0. The summed E-state index contributed by atoms with van der Waals surface area (Å²) in [5.74, 6) is 6.36. The quantitative estimate of drug-likeness (QED) is 0.329. The lowest BCUT2D eigenvalue weighted by Crippen LogP contribution is -2.53. The van der Waals surface area contributed by atoms with Crippen LogP contribution in [0, 0.1) is 58.2 Å². The fourth-order valence-electron chi connectivity index (χ4n) is 10.1. The summed E-state index contributed by atoms with van der Waals surface area (Å²) < 4.78 is 35.4. The molecule has 4 rings (SSSR count). The van der Waals surface area contributed by atoms with E-state index in [4.69, 9.17) is 4.55 Å².